The lowest BCUT2D eigenvalue weighted by atomic mass is 10.1. The van der Waals surface area contributed by atoms with Gasteiger partial charge >= 0.3 is 0 Å². The second kappa shape index (κ2) is 3.98. The molecule has 0 heterocycles. The molecule has 0 atom stereocenters. The molecule has 82 valence electrons. The minimum Gasteiger partial charge on any atom is -0.381 e. The predicted molar refractivity (Wildman–Crippen MR) is 56.1 cm³/mol. The van der Waals surface area contributed by atoms with Gasteiger partial charge in [0, 0.05) is 5.69 Å². The number of anilines is 1. The van der Waals surface area contributed by atoms with Crippen LogP contribution in [0.5, 0.6) is 0 Å². The summed E-state index contributed by atoms with van der Waals surface area (Å²) in [5, 5.41) is 11.8. The Hall–Kier alpha value is -1.42. The first-order valence-electron chi connectivity index (χ1n) is 4.60. The Morgan fingerprint density at radius 3 is 2.47 bits per heavy atom. The second-order valence-electron chi connectivity index (χ2n) is 4.03. The summed E-state index contributed by atoms with van der Waals surface area (Å²) in [7, 11) is 0. The van der Waals surface area contributed by atoms with E-state index in [9.17, 15) is 14.3 Å². The monoisotopic (exact) mass is 211 g/mol. The maximum Gasteiger partial charge on any atom is 0.255 e. The van der Waals surface area contributed by atoms with Gasteiger partial charge in [0.15, 0.2) is 0 Å². The molecular weight excluding hydrogens is 197 g/mol. The van der Waals surface area contributed by atoms with Crippen LogP contribution in [0.1, 0.15) is 19.4 Å². The molecule has 0 aliphatic heterocycles. The normalized spacial score (nSPS) is 11.3. The highest BCUT2D eigenvalue weighted by Gasteiger charge is 2.23. The number of halogens is 1. The highest BCUT2D eigenvalue weighted by molar-refractivity contribution is 5.96. The van der Waals surface area contributed by atoms with Gasteiger partial charge in [-0.1, -0.05) is 0 Å². The molecule has 1 aromatic carbocycles. The fraction of sp³-hybridized carbons (Fsp3) is 0.364. The Balaban J connectivity index is 2.86. The Bertz CT molecular complexity index is 362. The van der Waals surface area contributed by atoms with E-state index in [1.54, 1.807) is 13.0 Å². The van der Waals surface area contributed by atoms with E-state index in [0.29, 0.717) is 11.3 Å². The number of nitrogens with one attached hydrogen (secondary N) is 1. The van der Waals surface area contributed by atoms with Crippen molar-refractivity contribution in [2.24, 2.45) is 0 Å². The van der Waals surface area contributed by atoms with E-state index in [-0.39, 0.29) is 0 Å². The van der Waals surface area contributed by atoms with Crippen LogP contribution in [0.3, 0.4) is 0 Å². The summed E-state index contributed by atoms with van der Waals surface area (Å²) in [5.41, 5.74) is -0.416. The highest BCUT2D eigenvalue weighted by atomic mass is 19.1. The molecule has 15 heavy (non-hydrogen) atoms. The van der Waals surface area contributed by atoms with E-state index in [0.717, 1.165) is 0 Å². The molecule has 3 nitrogen and oxygen atoms in total. The first kappa shape index (κ1) is 11.7. The number of rotatable bonds is 2. The van der Waals surface area contributed by atoms with Crippen LogP contribution in [0.4, 0.5) is 10.1 Å². The summed E-state index contributed by atoms with van der Waals surface area (Å²) in [6.07, 6.45) is 0. The van der Waals surface area contributed by atoms with Crippen molar-refractivity contribution in [3.63, 3.8) is 0 Å². The molecule has 0 fully saturated rings. The van der Waals surface area contributed by atoms with Gasteiger partial charge in [0.05, 0.1) is 0 Å². The van der Waals surface area contributed by atoms with Gasteiger partial charge in [0.2, 0.25) is 0 Å². The number of hydrogen-bond acceptors (Lipinski definition) is 2. The molecule has 0 bridgehead atoms. The van der Waals surface area contributed by atoms with Crippen molar-refractivity contribution in [2.75, 3.05) is 5.32 Å². The maximum atomic E-state index is 13.0. The van der Waals surface area contributed by atoms with Gasteiger partial charge in [0.1, 0.15) is 11.4 Å². The minimum atomic E-state index is -1.47. The molecular formula is C11H14FNO2. The number of benzene rings is 1. The van der Waals surface area contributed by atoms with Crippen molar-refractivity contribution in [1.82, 2.24) is 0 Å². The van der Waals surface area contributed by atoms with Crippen LogP contribution in [0.25, 0.3) is 0 Å². The topological polar surface area (TPSA) is 49.3 Å². The van der Waals surface area contributed by atoms with Crippen molar-refractivity contribution in [1.29, 1.82) is 0 Å². The zero-order valence-corrected chi connectivity index (χ0v) is 8.97. The summed E-state index contributed by atoms with van der Waals surface area (Å²) < 4.78 is 13.0. The summed E-state index contributed by atoms with van der Waals surface area (Å²) in [6.45, 7) is 4.46. The molecule has 0 aromatic heterocycles. The van der Waals surface area contributed by atoms with E-state index in [4.69, 9.17) is 0 Å². The number of aryl methyl sites for hydroxylation is 1. The van der Waals surface area contributed by atoms with E-state index < -0.39 is 17.3 Å². The molecule has 0 aliphatic carbocycles. The molecule has 2 N–H and O–H groups in total. The summed E-state index contributed by atoms with van der Waals surface area (Å²) in [6, 6.07) is 4.20. The third-order valence-corrected chi connectivity index (χ3v) is 1.86. The number of hydrogen-bond donors (Lipinski definition) is 2. The van der Waals surface area contributed by atoms with Crippen LogP contribution >= 0.6 is 0 Å². The molecule has 4 heteroatoms. The lowest BCUT2D eigenvalue weighted by Gasteiger charge is -2.16. The smallest absolute Gasteiger partial charge is 0.255 e. The molecule has 0 radical (unpaired) electrons. The average molecular weight is 211 g/mol. The molecule has 0 spiro atoms. The van der Waals surface area contributed by atoms with Crippen molar-refractivity contribution in [3.05, 3.63) is 29.6 Å². The minimum absolute atomic E-state index is 0.347. The van der Waals surface area contributed by atoms with Gasteiger partial charge in [-0.15, -0.1) is 0 Å². The van der Waals surface area contributed by atoms with Gasteiger partial charge in [-0.2, -0.15) is 0 Å². The molecule has 0 unspecified atom stereocenters. The van der Waals surface area contributed by atoms with E-state index in [1.165, 1.54) is 26.0 Å². The number of amides is 1. The second-order valence-corrected chi connectivity index (χ2v) is 4.03. The number of carbonyl (C=O) groups is 1. The third kappa shape index (κ3) is 3.32. The fourth-order valence-corrected chi connectivity index (χ4v) is 1.09. The standard InChI is InChI=1S/C11H14FNO2/c1-7-4-8(12)6-9(5-7)13-10(14)11(2,3)15/h4-6,15H,1-3H3,(H,13,14). The van der Waals surface area contributed by atoms with Crippen LogP contribution in [0.2, 0.25) is 0 Å². The van der Waals surface area contributed by atoms with E-state index >= 15 is 0 Å². The summed E-state index contributed by atoms with van der Waals surface area (Å²) in [4.78, 5) is 11.4. The van der Waals surface area contributed by atoms with Crippen LogP contribution in [-0.4, -0.2) is 16.6 Å². The van der Waals surface area contributed by atoms with Crippen molar-refractivity contribution in [2.45, 2.75) is 26.4 Å². The molecule has 1 aromatic rings. The lowest BCUT2D eigenvalue weighted by Crippen LogP contribution is -2.36. The molecule has 0 saturated carbocycles. The largest absolute Gasteiger partial charge is 0.381 e. The van der Waals surface area contributed by atoms with Gasteiger partial charge in [-0.05, 0) is 44.5 Å². The Morgan fingerprint density at radius 1 is 1.40 bits per heavy atom. The first-order chi connectivity index (χ1) is 6.79. The summed E-state index contributed by atoms with van der Waals surface area (Å²) >= 11 is 0. The zero-order chi connectivity index (χ0) is 11.6. The van der Waals surface area contributed by atoms with Crippen LogP contribution in [-0.2, 0) is 4.79 Å². The zero-order valence-electron chi connectivity index (χ0n) is 8.97. The summed E-state index contributed by atoms with van der Waals surface area (Å²) in [5.74, 6) is -0.978. The Kier molecular flexibility index (Phi) is 3.09. The van der Waals surface area contributed by atoms with Crippen molar-refractivity contribution < 1.29 is 14.3 Å². The van der Waals surface area contributed by atoms with Gasteiger partial charge < -0.3 is 10.4 Å². The van der Waals surface area contributed by atoms with Gasteiger partial charge in [-0.3, -0.25) is 4.79 Å². The fourth-order valence-electron chi connectivity index (χ4n) is 1.09. The highest BCUT2D eigenvalue weighted by Crippen LogP contribution is 2.15. The maximum absolute atomic E-state index is 13.0. The Labute approximate surface area is 87.9 Å². The first-order valence-corrected chi connectivity index (χ1v) is 4.60. The molecule has 0 saturated heterocycles. The molecule has 0 aliphatic rings. The van der Waals surface area contributed by atoms with E-state index in [1.807, 2.05) is 0 Å². The van der Waals surface area contributed by atoms with Crippen LogP contribution in [0, 0.1) is 12.7 Å². The van der Waals surface area contributed by atoms with Gasteiger partial charge in [0.25, 0.3) is 5.91 Å². The SMILES string of the molecule is Cc1cc(F)cc(NC(=O)C(C)(C)O)c1. The lowest BCUT2D eigenvalue weighted by molar-refractivity contribution is -0.130. The quantitative estimate of drug-likeness (QED) is 0.784. The van der Waals surface area contributed by atoms with E-state index in [2.05, 4.69) is 5.32 Å². The molecule has 1 rings (SSSR count). The number of aliphatic hydroxyl groups is 1. The number of carbonyl (C=O) groups excluding carboxylic acids is 1. The van der Waals surface area contributed by atoms with Crippen molar-refractivity contribution in [3.8, 4) is 0 Å². The predicted octanol–water partition coefficient (Wildman–Crippen LogP) is 1.84. The van der Waals surface area contributed by atoms with Crippen molar-refractivity contribution >= 4 is 11.6 Å². The average Bonchev–Trinajstić information content (AvgIpc) is 1.99. The van der Waals surface area contributed by atoms with Crippen LogP contribution < -0.4 is 5.32 Å². The van der Waals surface area contributed by atoms with Crippen LogP contribution in [0.15, 0.2) is 18.2 Å². The molecule has 1 amide bonds. The Morgan fingerprint density at radius 2 is 2.00 bits per heavy atom. The third-order valence-electron chi connectivity index (χ3n) is 1.86. The van der Waals surface area contributed by atoms with Gasteiger partial charge in [-0.25, -0.2) is 4.39 Å².